The normalized spacial score (nSPS) is 12.7. The molecule has 5 rings (SSSR count). The topological polar surface area (TPSA) is 63.1 Å². The van der Waals surface area contributed by atoms with Crippen LogP contribution in [-0.4, -0.2) is 20.9 Å². The summed E-state index contributed by atoms with van der Waals surface area (Å²) in [5.41, 5.74) is 3.74. The third kappa shape index (κ3) is 9.42. The predicted octanol–water partition coefficient (Wildman–Crippen LogP) is 13.9. The van der Waals surface area contributed by atoms with Crippen molar-refractivity contribution in [1.29, 1.82) is 0 Å². The zero-order valence-electron chi connectivity index (χ0n) is 32.2. The van der Waals surface area contributed by atoms with Gasteiger partial charge in [0.05, 0.1) is 5.52 Å². The van der Waals surface area contributed by atoms with Gasteiger partial charge in [0.2, 0.25) is 0 Å². The Bertz CT molecular complexity index is 2010. The average Bonchev–Trinajstić information content (AvgIpc) is 3.67. The number of rotatable bonds is 12. The van der Waals surface area contributed by atoms with Crippen LogP contribution in [0, 0.1) is 22.8 Å². The van der Waals surface area contributed by atoms with Gasteiger partial charge in [-0.25, -0.2) is 4.98 Å². The minimum atomic E-state index is -0.337. The summed E-state index contributed by atoms with van der Waals surface area (Å²) in [5, 5.41) is 14.6. The largest absolute Gasteiger partial charge is 0.512 e. The summed E-state index contributed by atoms with van der Waals surface area (Å²) < 4.78 is 3.75. The quantitative estimate of drug-likeness (QED) is 0.0585. The number of ketones is 1. The van der Waals surface area contributed by atoms with E-state index >= 15 is 0 Å². The maximum absolute atomic E-state index is 12.2. The van der Waals surface area contributed by atoms with Crippen LogP contribution in [0.3, 0.4) is 0 Å². The van der Waals surface area contributed by atoms with E-state index in [1.807, 2.05) is 58.3 Å². The molecule has 1 radical (unpaired) electrons. The van der Waals surface area contributed by atoms with Gasteiger partial charge in [0.25, 0.3) is 0 Å². The Kier molecular flexibility index (Phi) is 14.9. The molecule has 3 aromatic heterocycles. The zero-order chi connectivity index (χ0) is 37.0. The van der Waals surface area contributed by atoms with Crippen molar-refractivity contribution in [2.75, 3.05) is 0 Å². The standard InChI is InChI=1S/C28H27N2S3.C15H28O2.Ir/c1-7-31-21-10-8-17(14-20(21)28(4,5)6)24-27-25(30-15-29-24)23-22(33-27)11-9-18-13-19(12-16(2)3)32-26(18)23;1-7-14(5,8-2)12(16)11-13(17)15(6,9-3)10-4;/h7,9-11,13-16H,1,12H2,2-6H3;11,16H,7-10H2,1-6H3;/q-1;;/b;12-11-;. The third-order valence-electron chi connectivity index (χ3n) is 10.4. The monoisotopic (exact) mass is 920 g/mol. The summed E-state index contributed by atoms with van der Waals surface area (Å²) in [6.45, 7) is 27.3. The van der Waals surface area contributed by atoms with Crippen LogP contribution in [0.5, 0.6) is 0 Å². The van der Waals surface area contributed by atoms with E-state index in [-0.39, 0.29) is 47.9 Å². The molecule has 277 valence electrons. The van der Waals surface area contributed by atoms with Gasteiger partial charge in [0.1, 0.15) is 12.1 Å². The number of carbonyl (C=O) groups excluding carboxylic acids is 1. The fraction of sp³-hybridized carbons (Fsp3) is 0.465. The number of carbonyl (C=O) groups is 1. The van der Waals surface area contributed by atoms with Crippen molar-refractivity contribution in [3.63, 3.8) is 0 Å². The van der Waals surface area contributed by atoms with Gasteiger partial charge in [0.15, 0.2) is 5.78 Å². The fourth-order valence-electron chi connectivity index (χ4n) is 5.97. The second-order valence-corrected chi connectivity index (χ2v) is 18.5. The van der Waals surface area contributed by atoms with Crippen molar-refractivity contribution >= 4 is 70.6 Å². The molecular formula is C43H55IrN2O2S3-. The van der Waals surface area contributed by atoms with E-state index in [9.17, 15) is 9.90 Å². The molecule has 0 spiro atoms. The Balaban J connectivity index is 0.000000335. The van der Waals surface area contributed by atoms with Crippen LogP contribution < -0.4 is 0 Å². The van der Waals surface area contributed by atoms with Gasteiger partial charge in [-0.05, 0) is 66.4 Å². The van der Waals surface area contributed by atoms with Gasteiger partial charge in [-0.2, -0.15) is 11.8 Å². The number of hydrogen-bond donors (Lipinski definition) is 1. The Labute approximate surface area is 332 Å². The smallest absolute Gasteiger partial charge is 0.164 e. The van der Waals surface area contributed by atoms with E-state index in [0.717, 1.165) is 53.6 Å². The first-order valence-corrected chi connectivity index (χ1v) is 20.4. The Hall–Kier alpha value is -2.35. The molecule has 5 aromatic rings. The second-order valence-electron chi connectivity index (χ2n) is 15.3. The number of nitrogens with zero attached hydrogens (tertiary/aromatic N) is 2. The van der Waals surface area contributed by atoms with Gasteiger partial charge in [-0.1, -0.05) is 93.7 Å². The van der Waals surface area contributed by atoms with Gasteiger partial charge < -0.3 is 5.11 Å². The van der Waals surface area contributed by atoms with Crippen LogP contribution in [0.2, 0.25) is 0 Å². The molecule has 3 heterocycles. The fourth-order valence-corrected chi connectivity index (χ4v) is 9.42. The van der Waals surface area contributed by atoms with Crippen LogP contribution in [0.15, 0.2) is 65.4 Å². The molecule has 2 aromatic carbocycles. The summed E-state index contributed by atoms with van der Waals surface area (Å²) in [7, 11) is 0. The van der Waals surface area contributed by atoms with E-state index in [1.165, 1.54) is 41.6 Å². The first-order valence-electron chi connectivity index (χ1n) is 17.9. The molecule has 0 aliphatic carbocycles. The molecule has 0 saturated carbocycles. The number of aliphatic hydroxyl groups is 1. The number of aromatic nitrogens is 2. The molecule has 0 fully saturated rings. The van der Waals surface area contributed by atoms with Crippen molar-refractivity contribution in [3.05, 3.63) is 77.0 Å². The number of benzene rings is 2. The van der Waals surface area contributed by atoms with Gasteiger partial charge in [0, 0.05) is 67.1 Å². The van der Waals surface area contributed by atoms with Crippen LogP contribution in [0.1, 0.15) is 112 Å². The maximum atomic E-state index is 12.2. The third-order valence-corrected chi connectivity index (χ3v) is 13.5. The van der Waals surface area contributed by atoms with Crippen molar-refractivity contribution < 1.29 is 30.0 Å². The molecule has 0 saturated heterocycles. The Morgan fingerprint density at radius 2 is 1.61 bits per heavy atom. The van der Waals surface area contributed by atoms with E-state index in [0.29, 0.717) is 5.92 Å². The molecule has 4 nitrogen and oxygen atoms in total. The van der Waals surface area contributed by atoms with Crippen LogP contribution in [-0.2, 0) is 36.7 Å². The Morgan fingerprint density at radius 1 is 0.961 bits per heavy atom. The van der Waals surface area contributed by atoms with E-state index < -0.39 is 0 Å². The summed E-state index contributed by atoms with van der Waals surface area (Å²) in [5.74, 6) is 0.935. The van der Waals surface area contributed by atoms with E-state index in [2.05, 4.69) is 77.6 Å². The van der Waals surface area contributed by atoms with Crippen LogP contribution in [0.25, 0.3) is 41.6 Å². The van der Waals surface area contributed by atoms with Gasteiger partial charge >= 0.3 is 0 Å². The minimum Gasteiger partial charge on any atom is -0.512 e. The number of thioether (sulfide) groups is 1. The van der Waals surface area contributed by atoms with Gasteiger partial charge in [-0.3, -0.25) is 9.78 Å². The van der Waals surface area contributed by atoms with Crippen LogP contribution >= 0.6 is 34.4 Å². The second kappa shape index (κ2) is 17.6. The minimum absolute atomic E-state index is 0. The molecule has 0 unspecified atom stereocenters. The molecule has 51 heavy (non-hydrogen) atoms. The molecule has 0 aliphatic rings. The molecule has 0 atom stereocenters. The van der Waals surface area contributed by atoms with E-state index in [1.54, 1.807) is 29.4 Å². The van der Waals surface area contributed by atoms with Crippen molar-refractivity contribution in [1.82, 2.24) is 9.97 Å². The number of fused-ring (bicyclic) bond motifs is 5. The number of allylic oxidation sites excluding steroid dienone is 2. The maximum Gasteiger partial charge on any atom is 0.164 e. The molecule has 8 heteroatoms. The zero-order valence-corrected chi connectivity index (χ0v) is 37.1. The molecular weight excluding hydrogens is 865 g/mol. The summed E-state index contributed by atoms with van der Waals surface area (Å²) in [4.78, 5) is 24.3. The first kappa shape index (κ1) is 43.1. The predicted molar refractivity (Wildman–Crippen MR) is 221 cm³/mol. The SMILES string of the molecule is C=CSc1c[c-]c(-c2ncnc3c2sc2ccc4cc(CC(C)C)sc4c23)cc1C(C)(C)C.CCC(C)(CC)C(=O)/C=C(\O)C(C)(CC)CC.[Ir]. The summed E-state index contributed by atoms with van der Waals surface area (Å²) in [6.07, 6.45) is 7.58. The number of thiophene rings is 2. The molecule has 0 amide bonds. The summed E-state index contributed by atoms with van der Waals surface area (Å²) in [6, 6.07) is 14.7. The van der Waals surface area contributed by atoms with Crippen molar-refractivity contribution in [2.24, 2.45) is 16.7 Å². The molecule has 0 bridgehead atoms. The number of aliphatic hydroxyl groups excluding tert-OH is 1. The number of hydrogen-bond acceptors (Lipinski definition) is 7. The van der Waals surface area contributed by atoms with E-state index in [4.69, 9.17) is 9.97 Å². The molecule has 1 N–H and O–H groups in total. The van der Waals surface area contributed by atoms with Gasteiger partial charge in [-0.15, -0.1) is 52.0 Å². The van der Waals surface area contributed by atoms with Crippen molar-refractivity contribution in [3.8, 4) is 11.3 Å². The summed E-state index contributed by atoms with van der Waals surface area (Å²) >= 11 is 5.36. The Morgan fingerprint density at radius 3 is 2.18 bits per heavy atom. The first-order chi connectivity index (χ1) is 23.5. The van der Waals surface area contributed by atoms with Crippen LogP contribution in [0.4, 0.5) is 0 Å². The average molecular weight is 920 g/mol. The molecule has 0 aliphatic heterocycles. The van der Waals surface area contributed by atoms with Crippen molar-refractivity contribution in [2.45, 2.75) is 119 Å².